The van der Waals surface area contributed by atoms with E-state index >= 15 is 0 Å². The molecule has 0 aromatic rings. The highest BCUT2D eigenvalue weighted by molar-refractivity contribution is 7.47. The van der Waals surface area contributed by atoms with Gasteiger partial charge in [-0.3, -0.25) is 37.3 Å². The second kappa shape index (κ2) is 70.1. The summed E-state index contributed by atoms with van der Waals surface area (Å²) in [4.78, 5) is 72.8. The van der Waals surface area contributed by atoms with Gasteiger partial charge in [0.05, 0.1) is 26.4 Å². The molecular weight excluding hydrogens is 1260 g/mol. The second-order valence-corrected chi connectivity index (χ2v) is 31.1. The van der Waals surface area contributed by atoms with Crippen LogP contribution in [0, 0.1) is 5.92 Å². The van der Waals surface area contributed by atoms with Gasteiger partial charge in [-0.25, -0.2) is 9.13 Å². The maximum absolute atomic E-state index is 13.1. The molecule has 19 heteroatoms. The van der Waals surface area contributed by atoms with Gasteiger partial charge in [-0.2, -0.15) is 0 Å². The van der Waals surface area contributed by atoms with Gasteiger partial charge in [0, 0.05) is 25.7 Å². The van der Waals surface area contributed by atoms with Crippen LogP contribution in [0.1, 0.15) is 407 Å². The van der Waals surface area contributed by atoms with Crippen molar-refractivity contribution in [2.24, 2.45) is 5.92 Å². The Bertz CT molecular complexity index is 1840. The number of phosphoric acid groups is 2. The molecule has 0 fully saturated rings. The molecule has 0 aromatic heterocycles. The number of esters is 4. The second-order valence-electron chi connectivity index (χ2n) is 28.2. The first-order chi connectivity index (χ1) is 46.5. The lowest BCUT2D eigenvalue weighted by Gasteiger charge is -2.21. The summed E-state index contributed by atoms with van der Waals surface area (Å²) in [5.41, 5.74) is 0. The van der Waals surface area contributed by atoms with Crippen LogP contribution in [-0.4, -0.2) is 96.7 Å². The average Bonchev–Trinajstić information content (AvgIpc) is 1.26. The van der Waals surface area contributed by atoms with Gasteiger partial charge in [-0.05, 0) is 31.6 Å². The molecule has 0 saturated heterocycles. The minimum absolute atomic E-state index is 0.107. The van der Waals surface area contributed by atoms with Crippen molar-refractivity contribution in [3.05, 3.63) is 0 Å². The molecule has 3 N–H and O–H groups in total. The van der Waals surface area contributed by atoms with Crippen LogP contribution in [-0.2, 0) is 65.4 Å². The zero-order valence-electron chi connectivity index (χ0n) is 62.5. The van der Waals surface area contributed by atoms with Crippen LogP contribution in [0.3, 0.4) is 0 Å². The number of aliphatic hydroxyl groups excluding tert-OH is 1. The summed E-state index contributed by atoms with van der Waals surface area (Å²) in [6, 6.07) is 0. The molecule has 5 atom stereocenters. The standard InChI is InChI=1S/C77H150O17P2/c1-6-9-12-15-18-21-24-27-28-29-30-31-32-33-34-35-36-39-42-47-53-58-63-77(82)93-72(66-87-74(79)60-55-50-45-40-37-25-22-19-16-13-10-7-2)68-91-95(83,84)89-64-71(78)65-90-96(85,86)92-69-73(67-88-75(80)61-56-51-48-43-44-49-54-59-70(4)5)94-76(81)62-57-52-46-41-38-26-23-20-17-14-11-8-3/h70-73,78H,6-69H2,1-5H3,(H,83,84)(H,85,86)/t71-,72-,73-/m1/s1. The van der Waals surface area contributed by atoms with Crippen molar-refractivity contribution in [3.63, 3.8) is 0 Å². The molecule has 0 heterocycles. The normalized spacial score (nSPS) is 13.9. The lowest BCUT2D eigenvalue weighted by molar-refractivity contribution is -0.161. The molecule has 570 valence electrons. The van der Waals surface area contributed by atoms with Gasteiger partial charge in [-0.1, -0.05) is 356 Å². The topological polar surface area (TPSA) is 237 Å². The zero-order valence-corrected chi connectivity index (χ0v) is 64.3. The lowest BCUT2D eigenvalue weighted by atomic mass is 10.0. The summed E-state index contributed by atoms with van der Waals surface area (Å²) < 4.78 is 68.5. The maximum Gasteiger partial charge on any atom is 0.472 e. The molecule has 0 spiro atoms. The summed E-state index contributed by atoms with van der Waals surface area (Å²) in [6.45, 7) is 7.23. The molecule has 17 nitrogen and oxygen atoms in total. The smallest absolute Gasteiger partial charge is 0.462 e. The van der Waals surface area contributed by atoms with E-state index in [0.29, 0.717) is 31.6 Å². The molecule has 2 unspecified atom stereocenters. The van der Waals surface area contributed by atoms with Gasteiger partial charge in [0.1, 0.15) is 19.3 Å². The number of ether oxygens (including phenoxy) is 4. The summed E-state index contributed by atoms with van der Waals surface area (Å²) in [6.07, 6.45) is 59.8. The molecule has 0 aromatic carbocycles. The Morgan fingerprint density at radius 2 is 0.479 bits per heavy atom. The SMILES string of the molecule is CCCCCCCCCCCCCCCCCCCCCCCCC(=O)O[C@H](COC(=O)CCCCCCCCCCCCCC)COP(=O)(O)OC[C@@H](O)COP(=O)(O)OC[C@@H](COC(=O)CCCCCCCCCC(C)C)OC(=O)CCCCCCCCCCCCCC. The minimum atomic E-state index is -4.96. The van der Waals surface area contributed by atoms with Crippen LogP contribution in [0.15, 0.2) is 0 Å². The summed E-state index contributed by atoms with van der Waals surface area (Å²) >= 11 is 0. The largest absolute Gasteiger partial charge is 0.472 e. The number of unbranched alkanes of at least 4 members (excludes halogenated alkanes) is 49. The number of carbonyl (C=O) groups excluding carboxylic acids is 4. The van der Waals surface area contributed by atoms with Crippen LogP contribution in [0.5, 0.6) is 0 Å². The highest BCUT2D eigenvalue weighted by Gasteiger charge is 2.30. The lowest BCUT2D eigenvalue weighted by Crippen LogP contribution is -2.30. The number of aliphatic hydroxyl groups is 1. The van der Waals surface area contributed by atoms with E-state index in [1.165, 1.54) is 225 Å². The minimum Gasteiger partial charge on any atom is -0.462 e. The van der Waals surface area contributed by atoms with Crippen LogP contribution in [0.4, 0.5) is 0 Å². The molecule has 0 aliphatic heterocycles. The number of phosphoric ester groups is 2. The van der Waals surface area contributed by atoms with Crippen LogP contribution >= 0.6 is 15.6 Å². The Balaban J connectivity index is 5.17. The number of carbonyl (C=O) groups is 4. The molecular formula is C77H150O17P2. The van der Waals surface area contributed by atoms with Crippen molar-refractivity contribution >= 4 is 39.5 Å². The van der Waals surface area contributed by atoms with Gasteiger partial charge in [-0.15, -0.1) is 0 Å². The highest BCUT2D eigenvalue weighted by Crippen LogP contribution is 2.45. The maximum atomic E-state index is 13.1. The predicted octanol–water partition coefficient (Wildman–Crippen LogP) is 22.9. The summed E-state index contributed by atoms with van der Waals surface area (Å²) in [5.74, 6) is -1.41. The third-order valence-electron chi connectivity index (χ3n) is 18.0. The van der Waals surface area contributed by atoms with Gasteiger partial charge in [0.2, 0.25) is 0 Å². The first-order valence-electron chi connectivity index (χ1n) is 40.1. The van der Waals surface area contributed by atoms with E-state index in [1.54, 1.807) is 0 Å². The molecule has 96 heavy (non-hydrogen) atoms. The molecule has 0 radical (unpaired) electrons. The molecule has 0 bridgehead atoms. The highest BCUT2D eigenvalue weighted by atomic mass is 31.2. The fourth-order valence-corrected chi connectivity index (χ4v) is 13.5. The predicted molar refractivity (Wildman–Crippen MR) is 391 cm³/mol. The monoisotopic (exact) mass is 1410 g/mol. The van der Waals surface area contributed by atoms with Gasteiger partial charge in [0.25, 0.3) is 0 Å². The van der Waals surface area contributed by atoms with Crippen LogP contribution in [0.2, 0.25) is 0 Å². The Kier molecular flexibility index (Phi) is 68.7. The Morgan fingerprint density at radius 3 is 0.708 bits per heavy atom. The number of rotatable bonds is 77. The van der Waals surface area contributed by atoms with Gasteiger partial charge in [0.15, 0.2) is 12.2 Å². The Hall–Kier alpha value is -1.94. The van der Waals surface area contributed by atoms with Crippen molar-refractivity contribution < 1.29 is 80.2 Å². The van der Waals surface area contributed by atoms with E-state index in [4.69, 9.17) is 37.0 Å². The number of hydrogen-bond donors (Lipinski definition) is 3. The fraction of sp³-hybridized carbons (Fsp3) is 0.948. The van der Waals surface area contributed by atoms with Gasteiger partial charge < -0.3 is 33.8 Å². The molecule has 0 rings (SSSR count). The third kappa shape index (κ3) is 70.5. The van der Waals surface area contributed by atoms with E-state index in [0.717, 1.165) is 96.3 Å². The van der Waals surface area contributed by atoms with E-state index in [1.807, 2.05) is 0 Å². The van der Waals surface area contributed by atoms with Crippen molar-refractivity contribution in [1.29, 1.82) is 0 Å². The molecule has 0 aliphatic rings. The molecule has 0 aliphatic carbocycles. The summed E-state index contributed by atoms with van der Waals surface area (Å²) in [7, 11) is -9.91. The molecule has 0 saturated carbocycles. The quantitative estimate of drug-likeness (QED) is 0.0222. The summed E-state index contributed by atoms with van der Waals surface area (Å²) in [5, 5.41) is 10.6. The van der Waals surface area contributed by atoms with Crippen LogP contribution in [0.25, 0.3) is 0 Å². The third-order valence-corrected chi connectivity index (χ3v) is 19.9. The Morgan fingerprint density at radius 1 is 0.281 bits per heavy atom. The van der Waals surface area contributed by atoms with Crippen LogP contribution < -0.4 is 0 Å². The average molecular weight is 1410 g/mol. The van der Waals surface area contributed by atoms with Gasteiger partial charge >= 0.3 is 39.5 Å². The fourth-order valence-electron chi connectivity index (χ4n) is 11.9. The van der Waals surface area contributed by atoms with E-state index in [-0.39, 0.29) is 25.7 Å². The zero-order chi connectivity index (χ0) is 70.5. The van der Waals surface area contributed by atoms with Crippen molar-refractivity contribution in [2.45, 2.75) is 425 Å². The molecule has 0 amide bonds. The van der Waals surface area contributed by atoms with E-state index in [9.17, 15) is 43.2 Å². The first-order valence-corrected chi connectivity index (χ1v) is 43.1. The van der Waals surface area contributed by atoms with E-state index in [2.05, 4.69) is 34.6 Å². The van der Waals surface area contributed by atoms with Crippen molar-refractivity contribution in [1.82, 2.24) is 0 Å². The first kappa shape index (κ1) is 94.1. The Labute approximate surface area is 588 Å². The van der Waals surface area contributed by atoms with Crippen molar-refractivity contribution in [2.75, 3.05) is 39.6 Å². The van der Waals surface area contributed by atoms with E-state index < -0.39 is 97.5 Å². The van der Waals surface area contributed by atoms with Crippen molar-refractivity contribution in [3.8, 4) is 0 Å². The number of hydrogen-bond acceptors (Lipinski definition) is 15.